The van der Waals surface area contributed by atoms with Crippen molar-refractivity contribution in [2.24, 2.45) is 0 Å². The molecule has 41 heavy (non-hydrogen) atoms. The number of H-pyrrole nitrogens is 1. The summed E-state index contributed by atoms with van der Waals surface area (Å²) in [6.07, 6.45) is 8.50. The van der Waals surface area contributed by atoms with E-state index in [1.165, 1.54) is 25.9 Å². The van der Waals surface area contributed by atoms with Crippen molar-refractivity contribution in [1.29, 1.82) is 0 Å². The molecule has 0 bridgehead atoms. The van der Waals surface area contributed by atoms with Crippen molar-refractivity contribution in [3.8, 4) is 11.1 Å². The number of nitrogens with zero attached hydrogens (tertiary/aromatic N) is 6. The molecule has 1 aliphatic carbocycles. The van der Waals surface area contributed by atoms with E-state index in [0.717, 1.165) is 53.8 Å². The van der Waals surface area contributed by atoms with Crippen LogP contribution in [0.2, 0.25) is 10.0 Å². The molecule has 1 aliphatic heterocycles. The van der Waals surface area contributed by atoms with Gasteiger partial charge in [-0.1, -0.05) is 35.3 Å². The Kier molecular flexibility index (Phi) is 6.98. The van der Waals surface area contributed by atoms with Gasteiger partial charge in [-0.25, -0.2) is 15.0 Å². The second-order valence-corrected chi connectivity index (χ2v) is 12.1. The molecule has 0 unspecified atom stereocenters. The van der Waals surface area contributed by atoms with Crippen molar-refractivity contribution in [1.82, 2.24) is 34.3 Å². The number of nitrogens with one attached hydrogen (secondary N) is 2. The topological polar surface area (TPSA) is 104 Å². The molecule has 0 atom stereocenters. The molecular weight excluding hydrogens is 557 g/mol. The summed E-state index contributed by atoms with van der Waals surface area (Å²) in [5.41, 5.74) is 11.7. The predicted molar refractivity (Wildman–Crippen MR) is 167 cm³/mol. The number of imidazole rings is 1. The van der Waals surface area contributed by atoms with Gasteiger partial charge < -0.3 is 25.5 Å². The number of aromatic amines is 1. The van der Waals surface area contributed by atoms with E-state index in [2.05, 4.69) is 60.0 Å². The second-order valence-electron chi connectivity index (χ2n) is 11.2. The first-order valence-electron chi connectivity index (χ1n) is 14.2. The number of nitrogen functional groups attached to an aromatic ring is 1. The fourth-order valence-corrected chi connectivity index (χ4v) is 6.85. The molecule has 5 aromatic rings. The zero-order valence-electron chi connectivity index (χ0n) is 22.9. The fourth-order valence-electron chi connectivity index (χ4n) is 6.45. The lowest BCUT2D eigenvalue weighted by Crippen LogP contribution is -2.49. The number of aromatic nitrogens is 5. The van der Waals surface area contributed by atoms with Crippen LogP contribution in [0.4, 0.5) is 17.5 Å². The number of fused-ring (bicyclic) bond motifs is 2. The lowest BCUT2D eigenvalue weighted by molar-refractivity contribution is 0.0828. The maximum absolute atomic E-state index is 6.44. The molecule has 2 aliphatic rings. The summed E-state index contributed by atoms with van der Waals surface area (Å²) in [7, 11) is 2.22. The van der Waals surface area contributed by atoms with Crippen LogP contribution in [0.5, 0.6) is 0 Å². The normalized spacial score (nSPS) is 20.7. The first-order valence-corrected chi connectivity index (χ1v) is 14.9. The molecule has 0 radical (unpaired) electrons. The van der Waals surface area contributed by atoms with Crippen LogP contribution in [-0.4, -0.2) is 73.6 Å². The number of rotatable bonds is 5. The summed E-state index contributed by atoms with van der Waals surface area (Å²) in [5.74, 6) is 1.08. The molecule has 4 heterocycles. The molecule has 2 aromatic carbocycles. The monoisotopic (exact) mass is 589 g/mol. The largest absolute Gasteiger partial charge is 0.383 e. The van der Waals surface area contributed by atoms with Crippen molar-refractivity contribution in [2.45, 2.75) is 37.8 Å². The Hall–Kier alpha value is -3.37. The Balaban J connectivity index is 1.13. The van der Waals surface area contributed by atoms with Crippen molar-refractivity contribution < 1.29 is 0 Å². The molecule has 0 spiro atoms. The van der Waals surface area contributed by atoms with Crippen LogP contribution < -0.4 is 11.1 Å². The van der Waals surface area contributed by atoms with Crippen molar-refractivity contribution in [3.05, 3.63) is 59.0 Å². The zero-order valence-corrected chi connectivity index (χ0v) is 24.5. The molecule has 2 fully saturated rings. The highest BCUT2D eigenvalue weighted by Gasteiger charge is 2.30. The number of anilines is 3. The van der Waals surface area contributed by atoms with Crippen LogP contribution in [0.25, 0.3) is 33.2 Å². The minimum absolute atomic E-state index is 0.400. The SMILES string of the molecule is CN1CCN([C@H]2CC[C@@H](n3cc(-c4ccc(Nc5nc6c(Cl)ccc(Cl)c6[nH]5)cc4)c4c(N)ncnc43)CC2)CC1. The van der Waals surface area contributed by atoms with Gasteiger partial charge in [0.15, 0.2) is 0 Å². The molecule has 0 amide bonds. The number of hydrogen-bond donors (Lipinski definition) is 3. The van der Waals surface area contributed by atoms with Crippen molar-refractivity contribution in [2.75, 3.05) is 44.3 Å². The van der Waals surface area contributed by atoms with Gasteiger partial charge in [0.1, 0.15) is 23.3 Å². The first kappa shape index (κ1) is 26.5. The molecular formula is C30H33Cl2N9. The van der Waals surface area contributed by atoms with E-state index in [4.69, 9.17) is 33.9 Å². The van der Waals surface area contributed by atoms with Gasteiger partial charge in [0.05, 0.1) is 20.9 Å². The average Bonchev–Trinajstić information content (AvgIpc) is 3.60. The minimum Gasteiger partial charge on any atom is -0.383 e. The van der Waals surface area contributed by atoms with Crippen LogP contribution in [0.15, 0.2) is 48.9 Å². The Bertz CT molecular complexity index is 1660. The van der Waals surface area contributed by atoms with Gasteiger partial charge in [0, 0.05) is 55.7 Å². The highest BCUT2D eigenvalue weighted by molar-refractivity contribution is 6.39. The lowest BCUT2D eigenvalue weighted by atomic mass is 9.89. The molecule has 212 valence electrons. The van der Waals surface area contributed by atoms with Gasteiger partial charge >= 0.3 is 0 Å². The molecule has 9 nitrogen and oxygen atoms in total. The standard InChI is InChI=1S/C30H33Cl2N9/c1-39-12-14-40(15-13-39)20-6-8-21(9-7-20)41-16-22(25-28(33)34-17-35-29(25)41)18-2-4-19(5-3-18)36-30-37-26-23(31)10-11-24(32)27(26)38-30/h2-5,10-11,16-17,20-21H,6-9,12-15H2,1H3,(H2,33,34,35)(H2,36,37,38)/t20-,21+. The molecule has 7 rings (SSSR count). The summed E-state index contributed by atoms with van der Waals surface area (Å²) >= 11 is 12.6. The minimum atomic E-state index is 0.400. The van der Waals surface area contributed by atoms with E-state index < -0.39 is 0 Å². The third-order valence-electron chi connectivity index (χ3n) is 8.76. The average molecular weight is 591 g/mol. The van der Waals surface area contributed by atoms with Gasteiger partial charge in [-0.15, -0.1) is 0 Å². The number of halogens is 2. The Morgan fingerprint density at radius 2 is 1.61 bits per heavy atom. The lowest BCUT2D eigenvalue weighted by Gasteiger charge is -2.41. The summed E-state index contributed by atoms with van der Waals surface area (Å²) < 4.78 is 2.34. The molecule has 3 aromatic heterocycles. The van der Waals surface area contributed by atoms with Crippen molar-refractivity contribution in [3.63, 3.8) is 0 Å². The highest BCUT2D eigenvalue weighted by Crippen LogP contribution is 2.39. The van der Waals surface area contributed by atoms with Crippen molar-refractivity contribution >= 4 is 62.7 Å². The summed E-state index contributed by atoms with van der Waals surface area (Å²) in [4.78, 5) is 21.9. The van der Waals surface area contributed by atoms with Gasteiger partial charge in [0.2, 0.25) is 5.95 Å². The van der Waals surface area contributed by atoms with Crippen LogP contribution in [0.1, 0.15) is 31.7 Å². The van der Waals surface area contributed by atoms with Crippen LogP contribution in [-0.2, 0) is 0 Å². The van der Waals surface area contributed by atoms with E-state index in [0.29, 0.717) is 44.9 Å². The maximum atomic E-state index is 6.44. The van der Waals surface area contributed by atoms with Gasteiger partial charge in [-0.05, 0) is 62.6 Å². The zero-order chi connectivity index (χ0) is 28.1. The summed E-state index contributed by atoms with van der Waals surface area (Å²) in [5, 5.41) is 5.36. The van der Waals surface area contributed by atoms with Gasteiger partial charge in [-0.2, -0.15) is 0 Å². The van der Waals surface area contributed by atoms with Gasteiger partial charge in [0.25, 0.3) is 0 Å². The Morgan fingerprint density at radius 1 is 0.902 bits per heavy atom. The molecule has 11 heteroatoms. The number of likely N-dealkylation sites (N-methyl/N-ethyl adjacent to an activating group) is 1. The number of hydrogen-bond acceptors (Lipinski definition) is 7. The number of piperazine rings is 1. The van der Waals surface area contributed by atoms with Crippen LogP contribution >= 0.6 is 23.2 Å². The fraction of sp³-hybridized carbons (Fsp3) is 0.367. The van der Waals surface area contributed by atoms with E-state index >= 15 is 0 Å². The number of nitrogens with two attached hydrogens (primary N) is 1. The summed E-state index contributed by atoms with van der Waals surface area (Å²) in [6.45, 7) is 4.68. The molecule has 1 saturated carbocycles. The van der Waals surface area contributed by atoms with Gasteiger partial charge in [-0.3, -0.25) is 4.90 Å². The molecule has 1 saturated heterocycles. The summed E-state index contributed by atoms with van der Waals surface area (Å²) in [6, 6.07) is 12.8. The first-order chi connectivity index (χ1) is 19.9. The third-order valence-corrected chi connectivity index (χ3v) is 9.38. The van der Waals surface area contributed by atoms with Crippen LogP contribution in [0, 0.1) is 0 Å². The van der Waals surface area contributed by atoms with Crippen LogP contribution in [0.3, 0.4) is 0 Å². The molecule has 4 N–H and O–H groups in total. The van der Waals surface area contributed by atoms with E-state index in [1.807, 2.05) is 12.1 Å². The van der Waals surface area contributed by atoms with E-state index in [-0.39, 0.29) is 0 Å². The quantitative estimate of drug-likeness (QED) is 0.220. The predicted octanol–water partition coefficient (Wildman–Crippen LogP) is 6.34. The third kappa shape index (κ3) is 5.01. The Labute approximate surface area is 248 Å². The van der Waals surface area contributed by atoms with E-state index in [9.17, 15) is 0 Å². The highest BCUT2D eigenvalue weighted by atomic mass is 35.5. The Morgan fingerprint density at radius 3 is 2.34 bits per heavy atom. The van der Waals surface area contributed by atoms with E-state index in [1.54, 1.807) is 18.5 Å². The second kappa shape index (κ2) is 10.8. The number of benzene rings is 2. The smallest absolute Gasteiger partial charge is 0.205 e. The maximum Gasteiger partial charge on any atom is 0.205 e.